The second-order valence-electron chi connectivity index (χ2n) is 3.68. The Hall–Kier alpha value is -1.10. The average molecular weight is 215 g/mol. The Labute approximate surface area is 89.0 Å². The summed E-state index contributed by atoms with van der Waals surface area (Å²) in [5.74, 6) is -1.49. The monoisotopic (exact) mass is 215 g/mol. The number of hydrogen-bond donors (Lipinski definition) is 1. The van der Waals surface area contributed by atoms with Crippen LogP contribution >= 0.6 is 0 Å². The summed E-state index contributed by atoms with van der Waals surface area (Å²) in [4.78, 5) is 24.1. The van der Waals surface area contributed by atoms with E-state index in [2.05, 4.69) is 4.74 Å². The highest BCUT2D eigenvalue weighted by Gasteiger charge is 2.29. The molecule has 1 amide bonds. The molecule has 0 aliphatic carbocycles. The van der Waals surface area contributed by atoms with E-state index in [-0.39, 0.29) is 12.6 Å². The number of carbonyl (C=O) groups is 2. The number of likely N-dealkylation sites (tertiary alicyclic amines) is 1. The Kier molecular flexibility index (Phi) is 4.55. The molecule has 0 radical (unpaired) electrons. The Morgan fingerprint density at radius 3 is 2.73 bits per heavy atom. The number of hydrogen-bond acceptors (Lipinski definition) is 4. The summed E-state index contributed by atoms with van der Waals surface area (Å²) >= 11 is 0. The highest BCUT2D eigenvalue weighted by atomic mass is 16.5. The summed E-state index contributed by atoms with van der Waals surface area (Å²) in [7, 11) is 1.19. The molecule has 86 valence electrons. The van der Waals surface area contributed by atoms with Crippen LogP contribution in [0.2, 0.25) is 0 Å². The van der Waals surface area contributed by atoms with Crippen LogP contribution in [-0.2, 0) is 14.3 Å². The van der Waals surface area contributed by atoms with Crippen LogP contribution in [0, 0.1) is 0 Å². The van der Waals surface area contributed by atoms with Gasteiger partial charge in [-0.3, -0.25) is 4.79 Å². The summed E-state index contributed by atoms with van der Waals surface area (Å²) in [6.07, 6.45) is 3.64. The number of rotatable bonds is 1. The summed E-state index contributed by atoms with van der Waals surface area (Å²) in [6, 6.07) is -0.237. The van der Waals surface area contributed by atoms with Gasteiger partial charge in [-0.05, 0) is 12.8 Å². The predicted octanol–water partition coefficient (Wildman–Crippen LogP) is -0.0771. The van der Waals surface area contributed by atoms with Gasteiger partial charge in [0.05, 0.1) is 19.8 Å². The van der Waals surface area contributed by atoms with Crippen LogP contribution in [0.25, 0.3) is 0 Å². The highest BCUT2D eigenvalue weighted by molar-refractivity contribution is 6.32. The van der Waals surface area contributed by atoms with Gasteiger partial charge >= 0.3 is 11.9 Å². The third-order valence-corrected chi connectivity index (χ3v) is 2.71. The molecule has 1 saturated heterocycles. The van der Waals surface area contributed by atoms with Crippen molar-refractivity contribution in [3.63, 3.8) is 0 Å². The van der Waals surface area contributed by atoms with Gasteiger partial charge in [0, 0.05) is 6.54 Å². The van der Waals surface area contributed by atoms with Crippen LogP contribution in [-0.4, -0.2) is 48.2 Å². The number of aliphatic hydroxyl groups is 1. The van der Waals surface area contributed by atoms with E-state index >= 15 is 0 Å². The van der Waals surface area contributed by atoms with Crippen molar-refractivity contribution in [2.75, 3.05) is 20.3 Å². The molecule has 5 heteroatoms. The first kappa shape index (κ1) is 12.0. The van der Waals surface area contributed by atoms with E-state index in [1.165, 1.54) is 12.0 Å². The van der Waals surface area contributed by atoms with Crippen molar-refractivity contribution in [3.8, 4) is 0 Å². The third-order valence-electron chi connectivity index (χ3n) is 2.71. The molecule has 1 aliphatic heterocycles. The zero-order chi connectivity index (χ0) is 11.3. The van der Waals surface area contributed by atoms with Gasteiger partial charge in [0.2, 0.25) is 0 Å². The Bertz CT molecular complexity index is 242. The molecule has 1 N–H and O–H groups in total. The fourth-order valence-corrected chi connectivity index (χ4v) is 1.84. The van der Waals surface area contributed by atoms with E-state index < -0.39 is 11.9 Å². The highest BCUT2D eigenvalue weighted by Crippen LogP contribution is 2.16. The molecule has 0 aromatic carbocycles. The molecule has 15 heavy (non-hydrogen) atoms. The molecule has 0 aromatic rings. The van der Waals surface area contributed by atoms with E-state index in [1.807, 2.05) is 0 Å². The van der Waals surface area contributed by atoms with Crippen molar-refractivity contribution < 1.29 is 19.4 Å². The molecule has 1 rings (SSSR count). The lowest BCUT2D eigenvalue weighted by atomic mass is 10.1. The molecule has 5 nitrogen and oxygen atoms in total. The zero-order valence-corrected chi connectivity index (χ0v) is 8.94. The van der Waals surface area contributed by atoms with Crippen LogP contribution in [0.5, 0.6) is 0 Å². The van der Waals surface area contributed by atoms with Crippen LogP contribution in [0.3, 0.4) is 0 Å². The fraction of sp³-hybridized carbons (Fsp3) is 0.800. The minimum atomic E-state index is -0.852. The number of methoxy groups -OCH3 is 1. The van der Waals surface area contributed by atoms with Crippen LogP contribution in [0.4, 0.5) is 0 Å². The van der Waals surface area contributed by atoms with Crippen molar-refractivity contribution in [3.05, 3.63) is 0 Å². The lowest BCUT2D eigenvalue weighted by Gasteiger charge is -2.27. The topological polar surface area (TPSA) is 66.8 Å². The molecule has 0 bridgehead atoms. The largest absolute Gasteiger partial charge is 0.462 e. The number of amides is 1. The number of nitrogens with zero attached hydrogens (tertiary/aromatic N) is 1. The number of ether oxygens (including phenoxy) is 1. The van der Waals surface area contributed by atoms with Gasteiger partial charge in [-0.1, -0.05) is 12.8 Å². The van der Waals surface area contributed by atoms with Gasteiger partial charge in [0.15, 0.2) is 0 Å². The van der Waals surface area contributed by atoms with Crippen molar-refractivity contribution in [2.45, 2.75) is 31.7 Å². The summed E-state index contributed by atoms with van der Waals surface area (Å²) < 4.78 is 4.39. The smallest absolute Gasteiger partial charge is 0.396 e. The number of esters is 1. The van der Waals surface area contributed by atoms with E-state index in [0.29, 0.717) is 6.54 Å². The Balaban J connectivity index is 2.69. The molecule has 1 heterocycles. The molecule has 1 unspecified atom stereocenters. The molecule has 1 aliphatic rings. The van der Waals surface area contributed by atoms with Gasteiger partial charge in [0.1, 0.15) is 0 Å². The minimum absolute atomic E-state index is 0.0945. The number of carbonyl (C=O) groups excluding carboxylic acids is 2. The summed E-state index contributed by atoms with van der Waals surface area (Å²) in [5, 5.41) is 9.14. The summed E-state index contributed by atoms with van der Waals surface area (Å²) in [6.45, 7) is 0.432. The second-order valence-corrected chi connectivity index (χ2v) is 3.68. The zero-order valence-electron chi connectivity index (χ0n) is 8.94. The first-order chi connectivity index (χ1) is 7.20. The molecular formula is C10H17NO4. The first-order valence-corrected chi connectivity index (χ1v) is 5.20. The maximum atomic E-state index is 11.6. The van der Waals surface area contributed by atoms with Gasteiger partial charge in [0.25, 0.3) is 0 Å². The van der Waals surface area contributed by atoms with Gasteiger partial charge in [-0.2, -0.15) is 0 Å². The fourth-order valence-electron chi connectivity index (χ4n) is 1.84. The number of aliphatic hydroxyl groups excluding tert-OH is 1. The third kappa shape index (κ3) is 2.92. The quantitative estimate of drug-likeness (QED) is 0.491. The lowest BCUT2D eigenvalue weighted by molar-refractivity contribution is -0.159. The minimum Gasteiger partial charge on any atom is -0.462 e. The second kappa shape index (κ2) is 5.70. The van der Waals surface area contributed by atoms with Crippen molar-refractivity contribution >= 4 is 11.9 Å². The van der Waals surface area contributed by atoms with Crippen LogP contribution in [0.1, 0.15) is 25.7 Å². The van der Waals surface area contributed by atoms with Gasteiger partial charge < -0.3 is 14.7 Å². The van der Waals surface area contributed by atoms with Gasteiger partial charge in [-0.25, -0.2) is 4.79 Å². The molecule has 1 fully saturated rings. The molecule has 0 aromatic heterocycles. The maximum absolute atomic E-state index is 11.6. The van der Waals surface area contributed by atoms with E-state index in [4.69, 9.17) is 5.11 Å². The Morgan fingerprint density at radius 1 is 1.40 bits per heavy atom. The van der Waals surface area contributed by atoms with Crippen molar-refractivity contribution in [2.24, 2.45) is 0 Å². The summed E-state index contributed by atoms with van der Waals surface area (Å²) in [5.41, 5.74) is 0. The first-order valence-electron chi connectivity index (χ1n) is 5.20. The lowest BCUT2D eigenvalue weighted by Crippen LogP contribution is -2.45. The van der Waals surface area contributed by atoms with Crippen molar-refractivity contribution in [1.29, 1.82) is 0 Å². The van der Waals surface area contributed by atoms with E-state index in [9.17, 15) is 9.59 Å². The predicted molar refractivity (Wildman–Crippen MR) is 53.1 cm³/mol. The molecule has 1 atom stereocenters. The average Bonchev–Trinajstić information content (AvgIpc) is 2.51. The van der Waals surface area contributed by atoms with Crippen LogP contribution in [0.15, 0.2) is 0 Å². The standard InChI is InChI=1S/C10H17NO4/c1-15-10(14)9(13)11-6-4-2-3-5-8(11)7-12/h8,12H,2-7H2,1H3. The van der Waals surface area contributed by atoms with Crippen molar-refractivity contribution in [1.82, 2.24) is 4.90 Å². The Morgan fingerprint density at radius 2 is 2.13 bits per heavy atom. The van der Waals surface area contributed by atoms with Gasteiger partial charge in [-0.15, -0.1) is 0 Å². The molecule has 0 saturated carbocycles. The SMILES string of the molecule is COC(=O)C(=O)N1CCCCCC1CO. The molecular weight excluding hydrogens is 198 g/mol. The normalized spacial score (nSPS) is 22.0. The van der Waals surface area contributed by atoms with Crippen LogP contribution < -0.4 is 0 Å². The van der Waals surface area contributed by atoms with E-state index in [1.54, 1.807) is 0 Å². The molecule has 0 spiro atoms. The maximum Gasteiger partial charge on any atom is 0.396 e. The van der Waals surface area contributed by atoms with E-state index in [0.717, 1.165) is 25.7 Å².